The van der Waals surface area contributed by atoms with Gasteiger partial charge in [0, 0.05) is 12.4 Å². The average Bonchev–Trinajstić information content (AvgIpc) is 2.06. The summed E-state index contributed by atoms with van der Waals surface area (Å²) in [6.45, 7) is 0. The second kappa shape index (κ2) is 2.91. The molecule has 1 nitrogen and oxygen atoms in total. The topological polar surface area (TPSA) is 12.9 Å². The number of hydrogen-bond donors (Lipinski definition) is 0. The zero-order chi connectivity index (χ0) is 7.68. The minimum absolute atomic E-state index is 1.23. The van der Waals surface area contributed by atoms with E-state index in [9.17, 15) is 0 Å². The molecule has 11 heavy (non-hydrogen) atoms. The third kappa shape index (κ3) is 1.30. The Kier molecular flexibility index (Phi) is 1.91. The summed E-state index contributed by atoms with van der Waals surface area (Å²) in [6, 6.07) is 0. The Hall–Kier alpha value is -0.420. The highest BCUT2D eigenvalue weighted by molar-refractivity contribution is 7.27. The van der Waals surface area contributed by atoms with Crippen LogP contribution < -0.4 is 5.30 Å². The molecule has 1 heterocycles. The van der Waals surface area contributed by atoms with E-state index in [1.54, 1.807) is 0 Å². The van der Waals surface area contributed by atoms with Crippen molar-refractivity contribution in [2.75, 3.05) is 0 Å². The van der Waals surface area contributed by atoms with Gasteiger partial charge >= 0.3 is 0 Å². The summed E-state index contributed by atoms with van der Waals surface area (Å²) in [7, 11) is 2.77. The van der Waals surface area contributed by atoms with Gasteiger partial charge in [-0.05, 0) is 42.1 Å². The molecule has 58 valence electrons. The van der Waals surface area contributed by atoms with E-state index < -0.39 is 0 Å². The molecule has 0 aliphatic heterocycles. The van der Waals surface area contributed by atoms with E-state index in [-0.39, 0.29) is 0 Å². The highest BCUT2D eigenvalue weighted by atomic mass is 31.0. The van der Waals surface area contributed by atoms with E-state index in [4.69, 9.17) is 0 Å². The number of hydrogen-bond acceptors (Lipinski definition) is 1. The van der Waals surface area contributed by atoms with Gasteiger partial charge in [-0.15, -0.1) is 9.24 Å². The molecular weight excluding hydrogens is 153 g/mol. The van der Waals surface area contributed by atoms with Crippen LogP contribution in [0.5, 0.6) is 0 Å². The summed E-state index contributed by atoms with van der Waals surface area (Å²) in [4.78, 5) is 4.18. The summed E-state index contributed by atoms with van der Waals surface area (Å²) in [5.74, 6) is 0. The zero-order valence-electron chi connectivity index (χ0n) is 6.51. The molecule has 2 rings (SSSR count). The molecule has 0 spiro atoms. The fourth-order valence-corrected chi connectivity index (χ4v) is 2.10. The molecule has 1 aromatic heterocycles. The largest absolute Gasteiger partial charge is 0.264 e. The normalized spacial score (nSPS) is 16.1. The predicted octanol–water partition coefficient (Wildman–Crippen LogP) is 1.46. The Balaban J connectivity index is 2.49. The van der Waals surface area contributed by atoms with Crippen molar-refractivity contribution in [3.8, 4) is 0 Å². The maximum Gasteiger partial charge on any atom is 0.0342 e. The smallest absolute Gasteiger partial charge is 0.0342 e. The van der Waals surface area contributed by atoms with Gasteiger partial charge in [-0.25, -0.2) is 0 Å². The molecular formula is C9H12NP. The van der Waals surface area contributed by atoms with Crippen molar-refractivity contribution in [1.82, 2.24) is 4.98 Å². The molecule has 1 aliphatic rings. The van der Waals surface area contributed by atoms with Crippen LogP contribution in [-0.4, -0.2) is 4.98 Å². The van der Waals surface area contributed by atoms with Crippen molar-refractivity contribution in [1.29, 1.82) is 0 Å². The van der Waals surface area contributed by atoms with Gasteiger partial charge in [-0.2, -0.15) is 0 Å². The van der Waals surface area contributed by atoms with E-state index in [2.05, 4.69) is 14.2 Å². The van der Waals surface area contributed by atoms with Crippen LogP contribution in [0.4, 0.5) is 0 Å². The maximum atomic E-state index is 4.18. The van der Waals surface area contributed by atoms with Crippen LogP contribution in [0, 0.1) is 0 Å². The number of fused-ring (bicyclic) bond motifs is 1. The Labute approximate surface area is 69.4 Å². The molecule has 1 atom stereocenters. The molecule has 1 aromatic rings. The quantitative estimate of drug-likeness (QED) is 0.530. The van der Waals surface area contributed by atoms with Gasteiger partial charge in [0.25, 0.3) is 0 Å². The second-order valence-electron chi connectivity index (χ2n) is 3.07. The minimum Gasteiger partial charge on any atom is -0.264 e. The third-order valence-electron chi connectivity index (χ3n) is 2.30. The molecule has 0 saturated heterocycles. The highest BCUT2D eigenvalue weighted by Gasteiger charge is 2.10. The molecule has 0 N–H and O–H groups in total. The third-order valence-corrected chi connectivity index (χ3v) is 2.80. The molecule has 0 amide bonds. The molecule has 0 radical (unpaired) electrons. The lowest BCUT2D eigenvalue weighted by Gasteiger charge is -2.16. The standard InChI is InChI=1S/C9H12NP/c11-9-6-10-5-7-3-1-2-4-8(7)9/h5-6H,1-4,11H2. The van der Waals surface area contributed by atoms with Crippen LogP contribution in [0.25, 0.3) is 0 Å². The van der Waals surface area contributed by atoms with Gasteiger partial charge in [-0.3, -0.25) is 4.98 Å². The van der Waals surface area contributed by atoms with Crippen LogP contribution in [0.1, 0.15) is 24.0 Å². The van der Waals surface area contributed by atoms with Crippen molar-refractivity contribution in [3.63, 3.8) is 0 Å². The van der Waals surface area contributed by atoms with Gasteiger partial charge in [0.2, 0.25) is 0 Å². The fraction of sp³-hybridized carbons (Fsp3) is 0.444. The van der Waals surface area contributed by atoms with Gasteiger partial charge in [-0.1, -0.05) is 0 Å². The van der Waals surface area contributed by atoms with Crippen molar-refractivity contribution in [3.05, 3.63) is 23.5 Å². The van der Waals surface area contributed by atoms with Crippen molar-refractivity contribution < 1.29 is 0 Å². The first-order chi connectivity index (χ1) is 5.38. The molecule has 1 aliphatic carbocycles. The maximum absolute atomic E-state index is 4.18. The Morgan fingerprint density at radius 2 is 2.00 bits per heavy atom. The number of rotatable bonds is 0. The first-order valence-corrected chi connectivity index (χ1v) is 4.67. The first kappa shape index (κ1) is 7.24. The van der Waals surface area contributed by atoms with Gasteiger partial charge in [0.1, 0.15) is 0 Å². The van der Waals surface area contributed by atoms with E-state index >= 15 is 0 Å². The van der Waals surface area contributed by atoms with Gasteiger partial charge < -0.3 is 0 Å². The first-order valence-electron chi connectivity index (χ1n) is 4.09. The summed E-state index contributed by atoms with van der Waals surface area (Å²) in [5.41, 5.74) is 2.99. The molecule has 0 aromatic carbocycles. The van der Waals surface area contributed by atoms with E-state index in [1.807, 2.05) is 12.4 Å². The Bertz CT molecular complexity index is 270. The molecule has 0 bridgehead atoms. The van der Waals surface area contributed by atoms with Gasteiger partial charge in [0.05, 0.1) is 0 Å². The lowest BCUT2D eigenvalue weighted by molar-refractivity contribution is 0.685. The number of pyridine rings is 1. The SMILES string of the molecule is Pc1cncc2c1CCCC2. The number of nitrogens with zero attached hydrogens (tertiary/aromatic N) is 1. The van der Waals surface area contributed by atoms with E-state index in [1.165, 1.54) is 42.1 Å². The second-order valence-corrected chi connectivity index (χ2v) is 3.70. The monoisotopic (exact) mass is 165 g/mol. The lowest BCUT2D eigenvalue weighted by Crippen LogP contribution is -2.12. The lowest BCUT2D eigenvalue weighted by atomic mass is 9.94. The van der Waals surface area contributed by atoms with Crippen LogP contribution >= 0.6 is 9.24 Å². The summed E-state index contributed by atoms with van der Waals surface area (Å²) in [5, 5.41) is 1.29. The molecule has 2 heteroatoms. The van der Waals surface area contributed by atoms with Gasteiger partial charge in [0.15, 0.2) is 0 Å². The fourth-order valence-electron chi connectivity index (χ4n) is 1.69. The Morgan fingerprint density at radius 1 is 1.18 bits per heavy atom. The molecule has 0 saturated carbocycles. The van der Waals surface area contributed by atoms with Crippen LogP contribution in [0.2, 0.25) is 0 Å². The van der Waals surface area contributed by atoms with Crippen molar-refractivity contribution in [2.45, 2.75) is 25.7 Å². The van der Waals surface area contributed by atoms with Crippen LogP contribution in [0.3, 0.4) is 0 Å². The number of aromatic nitrogens is 1. The predicted molar refractivity (Wildman–Crippen MR) is 50.2 cm³/mol. The van der Waals surface area contributed by atoms with Crippen LogP contribution in [0.15, 0.2) is 12.4 Å². The summed E-state index contributed by atoms with van der Waals surface area (Å²) >= 11 is 0. The average molecular weight is 165 g/mol. The van der Waals surface area contributed by atoms with E-state index in [0.717, 1.165) is 0 Å². The van der Waals surface area contributed by atoms with Crippen LogP contribution in [-0.2, 0) is 12.8 Å². The summed E-state index contributed by atoms with van der Waals surface area (Å²) in [6.07, 6.45) is 9.11. The number of aryl methyl sites for hydroxylation is 1. The minimum atomic E-state index is 1.23. The van der Waals surface area contributed by atoms with Crippen molar-refractivity contribution >= 4 is 14.5 Å². The van der Waals surface area contributed by atoms with E-state index in [0.29, 0.717) is 0 Å². The zero-order valence-corrected chi connectivity index (χ0v) is 7.66. The Morgan fingerprint density at radius 3 is 2.82 bits per heavy atom. The highest BCUT2D eigenvalue weighted by Crippen LogP contribution is 2.19. The molecule has 0 fully saturated rings. The van der Waals surface area contributed by atoms with Crippen molar-refractivity contribution in [2.24, 2.45) is 0 Å². The summed E-state index contributed by atoms with van der Waals surface area (Å²) < 4.78 is 0. The molecule has 1 unspecified atom stereocenters.